The van der Waals surface area contributed by atoms with E-state index in [1.165, 1.54) is 6.42 Å². The fourth-order valence-electron chi connectivity index (χ4n) is 4.51. The van der Waals surface area contributed by atoms with Crippen LogP contribution in [0.4, 0.5) is 0 Å². The van der Waals surface area contributed by atoms with E-state index in [0.717, 1.165) is 32.4 Å². The minimum atomic E-state index is -0.745. The van der Waals surface area contributed by atoms with Crippen LogP contribution in [-0.2, 0) is 9.59 Å². The first-order chi connectivity index (χ1) is 9.56. The van der Waals surface area contributed by atoms with Crippen molar-refractivity contribution < 1.29 is 14.7 Å². The third-order valence-electron chi connectivity index (χ3n) is 5.63. The molecule has 1 heterocycles. The van der Waals surface area contributed by atoms with Crippen LogP contribution in [0.15, 0.2) is 0 Å². The van der Waals surface area contributed by atoms with Crippen LogP contribution in [-0.4, -0.2) is 41.0 Å². The first-order valence-electron chi connectivity index (χ1n) is 7.82. The van der Waals surface area contributed by atoms with Gasteiger partial charge in [0.1, 0.15) is 0 Å². The third kappa shape index (κ3) is 2.43. The number of likely N-dealkylation sites (tertiary alicyclic amines) is 1. The van der Waals surface area contributed by atoms with E-state index in [1.54, 1.807) is 0 Å². The van der Waals surface area contributed by atoms with Crippen LogP contribution in [0, 0.1) is 23.7 Å². The number of nitrogens with zero attached hydrogens (tertiary/aromatic N) is 1. The Balaban J connectivity index is 1.55. The molecule has 1 saturated heterocycles. The van der Waals surface area contributed by atoms with Crippen molar-refractivity contribution in [3.05, 3.63) is 0 Å². The monoisotopic (exact) mass is 280 g/mol. The lowest BCUT2D eigenvalue weighted by atomic mass is 9.84. The van der Waals surface area contributed by atoms with Gasteiger partial charge in [-0.3, -0.25) is 9.59 Å². The van der Waals surface area contributed by atoms with Gasteiger partial charge in [-0.15, -0.1) is 0 Å². The number of rotatable bonds is 4. The molecule has 0 spiro atoms. The summed E-state index contributed by atoms with van der Waals surface area (Å²) in [5, 5.41) is 8.73. The molecule has 2 bridgehead atoms. The van der Waals surface area contributed by atoms with Gasteiger partial charge in [-0.25, -0.2) is 0 Å². The molecule has 1 aliphatic heterocycles. The summed E-state index contributed by atoms with van der Waals surface area (Å²) in [6.45, 7) is 1.51. The number of amides is 1. The molecule has 3 rings (SSSR count). The number of carboxylic acids is 1. The molecule has 20 heavy (non-hydrogen) atoms. The molecule has 5 atom stereocenters. The van der Waals surface area contributed by atoms with Gasteiger partial charge in [0.2, 0.25) is 5.91 Å². The molecule has 5 unspecified atom stereocenters. The third-order valence-corrected chi connectivity index (χ3v) is 5.63. The van der Waals surface area contributed by atoms with Crippen LogP contribution in [0.3, 0.4) is 0 Å². The van der Waals surface area contributed by atoms with E-state index in [2.05, 4.69) is 0 Å². The first kappa shape index (κ1) is 13.9. The number of hydrogen-bond acceptors (Lipinski definition) is 3. The van der Waals surface area contributed by atoms with E-state index in [-0.39, 0.29) is 24.3 Å². The van der Waals surface area contributed by atoms with Gasteiger partial charge in [0.15, 0.2) is 0 Å². The predicted molar refractivity (Wildman–Crippen MR) is 73.9 cm³/mol. The molecule has 2 saturated carbocycles. The Hall–Kier alpha value is -1.10. The van der Waals surface area contributed by atoms with E-state index in [0.29, 0.717) is 24.2 Å². The van der Waals surface area contributed by atoms with Crippen LogP contribution in [0.5, 0.6) is 0 Å². The SMILES string of the molecule is NC1C2CCC(C2)C1C(=O)N1CCC(CCC(=O)O)C1. The topological polar surface area (TPSA) is 83.6 Å². The lowest BCUT2D eigenvalue weighted by Gasteiger charge is -2.30. The Kier molecular flexibility index (Phi) is 3.71. The molecule has 3 fully saturated rings. The van der Waals surface area contributed by atoms with Crippen molar-refractivity contribution in [3.63, 3.8) is 0 Å². The van der Waals surface area contributed by atoms with E-state index in [9.17, 15) is 9.59 Å². The van der Waals surface area contributed by atoms with E-state index in [4.69, 9.17) is 10.8 Å². The molecule has 0 aromatic heterocycles. The first-order valence-corrected chi connectivity index (χ1v) is 7.82. The molecular weight excluding hydrogens is 256 g/mol. The van der Waals surface area contributed by atoms with Crippen molar-refractivity contribution in [2.75, 3.05) is 13.1 Å². The van der Waals surface area contributed by atoms with Crippen molar-refractivity contribution >= 4 is 11.9 Å². The molecule has 112 valence electrons. The zero-order chi connectivity index (χ0) is 14.3. The average Bonchev–Trinajstić information content (AvgIpc) is 3.11. The highest BCUT2D eigenvalue weighted by Crippen LogP contribution is 2.48. The van der Waals surface area contributed by atoms with Crippen LogP contribution in [0.25, 0.3) is 0 Å². The molecule has 5 heteroatoms. The molecular formula is C15H24N2O3. The van der Waals surface area contributed by atoms with Crippen molar-refractivity contribution in [2.45, 2.75) is 44.6 Å². The van der Waals surface area contributed by atoms with E-state index in [1.807, 2.05) is 4.90 Å². The summed E-state index contributed by atoms with van der Waals surface area (Å²) in [5.41, 5.74) is 6.24. The lowest BCUT2D eigenvalue weighted by Crippen LogP contribution is -2.46. The normalized spacial score (nSPS) is 39.5. The minimum Gasteiger partial charge on any atom is -0.481 e. The smallest absolute Gasteiger partial charge is 0.303 e. The Labute approximate surface area is 119 Å². The molecule has 3 N–H and O–H groups in total. The van der Waals surface area contributed by atoms with Gasteiger partial charge >= 0.3 is 5.97 Å². The average molecular weight is 280 g/mol. The lowest BCUT2D eigenvalue weighted by molar-refractivity contribution is -0.137. The fraction of sp³-hybridized carbons (Fsp3) is 0.867. The molecule has 0 aromatic rings. The van der Waals surface area contributed by atoms with Crippen molar-refractivity contribution in [3.8, 4) is 0 Å². The van der Waals surface area contributed by atoms with Gasteiger partial charge in [0, 0.05) is 25.6 Å². The van der Waals surface area contributed by atoms with Gasteiger partial charge in [0.05, 0.1) is 5.92 Å². The van der Waals surface area contributed by atoms with Crippen LogP contribution >= 0.6 is 0 Å². The Morgan fingerprint density at radius 2 is 1.95 bits per heavy atom. The molecule has 2 aliphatic carbocycles. The number of fused-ring (bicyclic) bond motifs is 2. The Morgan fingerprint density at radius 1 is 1.20 bits per heavy atom. The highest BCUT2D eigenvalue weighted by Gasteiger charge is 2.50. The van der Waals surface area contributed by atoms with Crippen molar-refractivity contribution in [1.29, 1.82) is 0 Å². The summed E-state index contributed by atoms with van der Waals surface area (Å²) < 4.78 is 0. The van der Waals surface area contributed by atoms with Crippen molar-refractivity contribution in [1.82, 2.24) is 4.90 Å². The second-order valence-electron chi connectivity index (χ2n) is 6.81. The summed E-state index contributed by atoms with van der Waals surface area (Å²) in [4.78, 5) is 25.2. The number of carboxylic acid groups (broad SMARTS) is 1. The highest BCUT2D eigenvalue weighted by atomic mass is 16.4. The maximum atomic E-state index is 12.7. The van der Waals surface area contributed by atoms with Crippen LogP contribution < -0.4 is 5.73 Å². The number of carbonyl (C=O) groups is 2. The Bertz CT molecular complexity index is 410. The summed E-state index contributed by atoms with van der Waals surface area (Å²) in [7, 11) is 0. The molecule has 5 nitrogen and oxygen atoms in total. The minimum absolute atomic E-state index is 0.0342. The maximum Gasteiger partial charge on any atom is 0.303 e. The standard InChI is InChI=1S/C15H24N2O3/c16-14-11-3-2-10(7-11)13(14)15(20)17-6-5-9(8-17)1-4-12(18)19/h9-11,13-14H,1-8,16H2,(H,18,19). The molecule has 1 amide bonds. The van der Waals surface area contributed by atoms with Gasteiger partial charge < -0.3 is 15.7 Å². The van der Waals surface area contributed by atoms with Gasteiger partial charge in [-0.05, 0) is 49.9 Å². The zero-order valence-corrected chi connectivity index (χ0v) is 11.8. The fourth-order valence-corrected chi connectivity index (χ4v) is 4.51. The van der Waals surface area contributed by atoms with Crippen LogP contribution in [0.2, 0.25) is 0 Å². The molecule has 0 aromatic carbocycles. The Morgan fingerprint density at radius 3 is 2.60 bits per heavy atom. The van der Waals surface area contributed by atoms with E-state index >= 15 is 0 Å². The second kappa shape index (κ2) is 5.35. The summed E-state index contributed by atoms with van der Waals surface area (Å²) in [5.74, 6) is 0.934. The zero-order valence-electron chi connectivity index (χ0n) is 11.8. The van der Waals surface area contributed by atoms with Gasteiger partial charge in [0.25, 0.3) is 0 Å². The largest absolute Gasteiger partial charge is 0.481 e. The summed E-state index contributed by atoms with van der Waals surface area (Å²) in [6, 6.07) is 0.0549. The van der Waals surface area contributed by atoms with E-state index < -0.39 is 5.97 Å². The number of nitrogens with two attached hydrogens (primary N) is 1. The van der Waals surface area contributed by atoms with Gasteiger partial charge in [-0.1, -0.05) is 0 Å². The highest BCUT2D eigenvalue weighted by molar-refractivity contribution is 5.81. The van der Waals surface area contributed by atoms with Gasteiger partial charge in [-0.2, -0.15) is 0 Å². The predicted octanol–water partition coefficient (Wildman–Crippen LogP) is 1.07. The van der Waals surface area contributed by atoms with Crippen LogP contribution in [0.1, 0.15) is 38.5 Å². The maximum absolute atomic E-state index is 12.7. The number of hydrogen-bond donors (Lipinski definition) is 2. The second-order valence-corrected chi connectivity index (χ2v) is 6.81. The number of carbonyl (C=O) groups excluding carboxylic acids is 1. The molecule has 0 radical (unpaired) electrons. The quantitative estimate of drug-likeness (QED) is 0.807. The molecule has 3 aliphatic rings. The summed E-state index contributed by atoms with van der Waals surface area (Å²) >= 11 is 0. The number of aliphatic carboxylic acids is 1. The summed E-state index contributed by atoms with van der Waals surface area (Å²) in [6.07, 6.45) is 5.31. The van der Waals surface area contributed by atoms with Crippen molar-refractivity contribution in [2.24, 2.45) is 29.4 Å².